The number of ether oxygens (including phenoxy) is 5. The monoisotopic (exact) mass is 1190 g/mol. The van der Waals surface area contributed by atoms with Crippen LogP contribution in [-0.4, -0.2) is 109 Å². The second kappa shape index (κ2) is 25.8. The molecule has 83 heavy (non-hydrogen) atoms. The predicted octanol–water partition coefficient (Wildman–Crippen LogP) is 8.60. The van der Waals surface area contributed by atoms with E-state index < -0.39 is 74.8 Å². The van der Waals surface area contributed by atoms with E-state index in [0.717, 1.165) is 16.7 Å². The fourth-order valence-electron chi connectivity index (χ4n) is 9.84. The first kappa shape index (κ1) is 58.5. The van der Waals surface area contributed by atoms with Gasteiger partial charge in [0.2, 0.25) is 11.9 Å². The topological polar surface area (TPSA) is 297 Å². The second-order valence-electron chi connectivity index (χ2n) is 19.5. The maximum Gasteiger partial charge on any atom is 0.695 e. The predicted molar refractivity (Wildman–Crippen MR) is 305 cm³/mol. The Morgan fingerprint density at radius 3 is 2.18 bits per heavy atom. The van der Waals surface area contributed by atoms with E-state index in [2.05, 4.69) is 41.6 Å². The molecule has 0 saturated carbocycles. The third-order valence-electron chi connectivity index (χ3n) is 13.9. The highest BCUT2D eigenvalue weighted by Crippen LogP contribution is 2.55. The van der Waals surface area contributed by atoms with Crippen molar-refractivity contribution in [1.82, 2.24) is 34.1 Å². The van der Waals surface area contributed by atoms with Crippen molar-refractivity contribution in [2.24, 2.45) is 5.92 Å². The molecule has 430 valence electrons. The minimum absolute atomic E-state index is 0.0103. The molecule has 4 aromatic heterocycles. The zero-order valence-corrected chi connectivity index (χ0v) is 47.8. The van der Waals surface area contributed by atoms with Gasteiger partial charge in [-0.05, 0) is 71.0 Å². The Morgan fingerprint density at radius 2 is 1.53 bits per heavy atom. The number of methoxy groups -OCH3 is 2. The number of aromatic amines is 1. The lowest BCUT2D eigenvalue weighted by Gasteiger charge is -2.37. The number of nitrogens with one attached hydrogen (secondary N) is 3. The zero-order chi connectivity index (χ0) is 58.3. The molecule has 27 heteroatoms. The second-order valence-corrected chi connectivity index (χ2v) is 23.1. The SMILES string of the molecule is COc1ccc(C(OC[C@H]2O[C@@H](n3ccc4c(NC(=O)c5ccccc5)ncnc43)C[C@@H]2OP(=S)(OCCC#N)OC[C@@H]2C[C@@H](O[P+](=O)O)[C@H](n3cnc4c(=O)[nH]c(NC(=O)C(C)C)nc43)O2)(c2ccccc2)c2ccc(OC)cc2)cc1. The summed E-state index contributed by atoms with van der Waals surface area (Å²) in [5.41, 5.74) is 1.08. The van der Waals surface area contributed by atoms with E-state index in [1.807, 2.05) is 84.9 Å². The number of hydrogen-bond donors (Lipinski definition) is 4. The van der Waals surface area contributed by atoms with Crippen LogP contribution >= 0.6 is 15.0 Å². The number of aromatic nitrogens is 7. The Kier molecular flexibility index (Phi) is 18.2. The molecule has 2 aliphatic rings. The summed E-state index contributed by atoms with van der Waals surface area (Å²) in [6.07, 6.45) is -1.56. The molecule has 2 saturated heterocycles. The normalized spacial score (nSPS) is 19.8. The number of nitriles is 1. The van der Waals surface area contributed by atoms with E-state index >= 15 is 0 Å². The van der Waals surface area contributed by atoms with Crippen molar-refractivity contribution in [3.05, 3.63) is 167 Å². The lowest BCUT2D eigenvalue weighted by molar-refractivity contribution is -0.118. The van der Waals surface area contributed by atoms with Crippen molar-refractivity contribution in [3.63, 3.8) is 0 Å². The summed E-state index contributed by atoms with van der Waals surface area (Å²) in [4.78, 5) is 69.3. The number of fused-ring (bicyclic) bond motifs is 2. The highest BCUT2D eigenvalue weighted by atomic mass is 32.5. The van der Waals surface area contributed by atoms with Gasteiger partial charge in [-0.15, -0.1) is 9.42 Å². The van der Waals surface area contributed by atoms with E-state index in [9.17, 15) is 29.1 Å². The van der Waals surface area contributed by atoms with E-state index in [1.165, 1.54) is 17.2 Å². The maximum atomic E-state index is 13.4. The largest absolute Gasteiger partial charge is 0.695 e. The van der Waals surface area contributed by atoms with Crippen molar-refractivity contribution in [3.8, 4) is 17.6 Å². The number of H-pyrrole nitrogens is 1. The van der Waals surface area contributed by atoms with Gasteiger partial charge in [0.25, 0.3) is 11.5 Å². The molecule has 4 N–H and O–H groups in total. The average molecular weight is 1190 g/mol. The molecule has 4 aromatic carbocycles. The molecule has 0 bridgehead atoms. The smallest absolute Gasteiger partial charge is 0.497 e. The van der Waals surface area contributed by atoms with Gasteiger partial charge in [-0.3, -0.25) is 29.3 Å². The Balaban J connectivity index is 0.986. The number of nitrogens with zero attached hydrogens (tertiary/aromatic N) is 7. The average Bonchev–Trinajstić information content (AvgIpc) is 4.47. The van der Waals surface area contributed by atoms with Crippen molar-refractivity contribution in [2.45, 2.75) is 75.6 Å². The molecule has 8 aromatic rings. The van der Waals surface area contributed by atoms with E-state index in [4.69, 9.17) is 53.6 Å². The zero-order valence-electron chi connectivity index (χ0n) is 45.2. The van der Waals surface area contributed by atoms with Gasteiger partial charge in [-0.1, -0.05) is 86.6 Å². The van der Waals surface area contributed by atoms with Gasteiger partial charge >= 0.3 is 15.0 Å². The first-order chi connectivity index (χ1) is 40.2. The Bertz CT molecular complexity index is 3710. The number of benzene rings is 4. The molecule has 2 unspecified atom stereocenters. The van der Waals surface area contributed by atoms with Crippen molar-refractivity contribution in [1.29, 1.82) is 5.26 Å². The minimum Gasteiger partial charge on any atom is -0.497 e. The van der Waals surface area contributed by atoms with Gasteiger partial charge in [0.05, 0.1) is 70.5 Å². The van der Waals surface area contributed by atoms with Crippen LogP contribution in [-0.2, 0) is 59.1 Å². The maximum absolute atomic E-state index is 13.4. The summed E-state index contributed by atoms with van der Waals surface area (Å²) in [6, 6.07) is 37.4. The molecule has 0 aliphatic carbocycles. The van der Waals surface area contributed by atoms with Crippen LogP contribution in [0.3, 0.4) is 0 Å². The molecular weight excluding hydrogens is 1130 g/mol. The highest BCUT2D eigenvalue weighted by Gasteiger charge is 2.47. The Labute approximate surface area is 481 Å². The van der Waals surface area contributed by atoms with E-state index in [1.54, 1.807) is 69.2 Å². The Hall–Kier alpha value is -7.69. The molecule has 24 nitrogen and oxygen atoms in total. The number of imidazole rings is 1. The van der Waals surface area contributed by atoms with Gasteiger partial charge in [0, 0.05) is 35.1 Å². The highest BCUT2D eigenvalue weighted by molar-refractivity contribution is 8.07. The number of rotatable bonds is 24. The van der Waals surface area contributed by atoms with Crippen LogP contribution in [0.1, 0.15) is 72.6 Å². The first-order valence-corrected chi connectivity index (χ1v) is 29.9. The summed E-state index contributed by atoms with van der Waals surface area (Å²) in [7, 11) is -0.00255. The number of hydrogen-bond acceptors (Lipinski definition) is 19. The van der Waals surface area contributed by atoms with Crippen LogP contribution in [0.15, 0.2) is 139 Å². The van der Waals surface area contributed by atoms with Crippen molar-refractivity contribution in [2.75, 3.05) is 44.7 Å². The van der Waals surface area contributed by atoms with E-state index in [-0.39, 0.29) is 67.9 Å². The molecule has 2 amide bonds. The molecule has 10 rings (SSSR count). The summed E-state index contributed by atoms with van der Waals surface area (Å²) in [5, 5.41) is 15.7. The van der Waals surface area contributed by atoms with Crippen molar-refractivity contribution >= 4 is 72.6 Å². The lowest BCUT2D eigenvalue weighted by atomic mass is 9.80. The van der Waals surface area contributed by atoms with Crippen LogP contribution in [0.4, 0.5) is 11.8 Å². The van der Waals surface area contributed by atoms with Gasteiger partial charge in [0.1, 0.15) is 47.2 Å². The van der Waals surface area contributed by atoms with Crippen LogP contribution in [0, 0.1) is 17.2 Å². The molecule has 2 aliphatic heterocycles. The lowest BCUT2D eigenvalue weighted by Crippen LogP contribution is -2.38. The fraction of sp³-hybridized carbons (Fsp3) is 0.321. The van der Waals surface area contributed by atoms with Gasteiger partial charge in [-0.2, -0.15) is 10.2 Å². The van der Waals surface area contributed by atoms with Gasteiger partial charge in [-0.25, -0.2) is 15.0 Å². The standard InChI is InChI=1S/C56H56N10O14P2S/c1-34(2)51(67)63-55-62-50-47(53(69)64-55)60-33-66(50)54-44(79-81(70)71)28-41(77-54)30-76-82(83,75-27-11-25-57)80-43-29-46(65-26-24-42-48(58-32-59-49(42)65)61-52(68)35-12-7-5-8-13-35)78-45(43)31-74-56(36-14-9-6-10-15-36,37-16-20-39(72-3)21-17-37)38-18-22-40(73-4)23-19-38/h5-10,12-24,26,32-34,41,43-46,54H,11,27-31H2,1-4H3,(H3-,58,59,61,62,63,64,67,68,69,70,71)/p+1/t41-,43-,44+,45+,46+,54+,82?/m0/s1. The van der Waals surface area contributed by atoms with Gasteiger partial charge in [0.15, 0.2) is 23.5 Å². The summed E-state index contributed by atoms with van der Waals surface area (Å²) in [6.45, 7) is -1.26. The molecular formula is C56H57N10O14P2S+. The van der Waals surface area contributed by atoms with Crippen LogP contribution in [0.5, 0.6) is 11.5 Å². The first-order valence-electron chi connectivity index (χ1n) is 26.2. The third-order valence-corrected chi connectivity index (χ3v) is 16.7. The van der Waals surface area contributed by atoms with Gasteiger partial charge < -0.3 is 47.1 Å². The molecule has 2 fully saturated rings. The third kappa shape index (κ3) is 12.9. The number of carbonyl (C=O) groups is 2. The summed E-state index contributed by atoms with van der Waals surface area (Å²) >= 11 is 6.22. The van der Waals surface area contributed by atoms with E-state index in [0.29, 0.717) is 28.1 Å². The van der Waals surface area contributed by atoms with Crippen molar-refractivity contribution < 1.29 is 60.8 Å². The fourth-order valence-corrected chi connectivity index (χ4v) is 12.4. The molecule has 0 radical (unpaired) electrons. The number of anilines is 2. The number of carbonyl (C=O) groups excluding carboxylic acids is 2. The Morgan fingerprint density at radius 1 is 0.855 bits per heavy atom. The minimum atomic E-state index is -3.96. The van der Waals surface area contributed by atoms with Crippen LogP contribution in [0.2, 0.25) is 0 Å². The van der Waals surface area contributed by atoms with Crippen LogP contribution in [0.25, 0.3) is 22.2 Å². The molecule has 6 heterocycles. The molecule has 8 atom stereocenters. The summed E-state index contributed by atoms with van der Waals surface area (Å²) in [5.74, 6) is 0.174. The van der Waals surface area contributed by atoms with Crippen LogP contribution < -0.4 is 25.7 Å². The quantitative estimate of drug-likeness (QED) is 0.0250. The number of amides is 2. The summed E-state index contributed by atoms with van der Waals surface area (Å²) < 4.78 is 72.6. The molecule has 0 spiro atoms.